The summed E-state index contributed by atoms with van der Waals surface area (Å²) < 4.78 is 109. The highest BCUT2D eigenvalue weighted by molar-refractivity contribution is 7.80. The van der Waals surface area contributed by atoms with Crippen LogP contribution in [0.25, 0.3) is 0 Å². The Labute approximate surface area is 389 Å². The van der Waals surface area contributed by atoms with Crippen molar-refractivity contribution in [1.29, 1.82) is 0 Å². The van der Waals surface area contributed by atoms with E-state index in [1.54, 1.807) is 0 Å². The number of hydrogen-bond acceptors (Lipinski definition) is 31. The van der Waals surface area contributed by atoms with Gasteiger partial charge in [0, 0.05) is 0 Å². The molecule has 0 aromatic heterocycles. The van der Waals surface area contributed by atoms with Crippen molar-refractivity contribution >= 4 is 10.4 Å². The largest absolute Gasteiger partial charge is 0.397 e. The Hall–Kier alpha value is -1.25. The van der Waals surface area contributed by atoms with Crippen LogP contribution in [-0.4, -0.2) is 313 Å². The van der Waals surface area contributed by atoms with Gasteiger partial charge in [0.25, 0.3) is 0 Å². The van der Waals surface area contributed by atoms with E-state index >= 15 is 0 Å². The molecule has 8 aliphatic rings. The van der Waals surface area contributed by atoms with Gasteiger partial charge in [-0.1, -0.05) is 0 Å². The van der Waals surface area contributed by atoms with E-state index in [4.69, 9.17) is 66.1 Å². The third-order valence-corrected chi connectivity index (χ3v) is 13.6. The molecule has 0 radical (unpaired) electrons. The van der Waals surface area contributed by atoms with E-state index in [9.17, 15) is 85.0 Å². The normalized spacial score (nSPS) is 53.6. The molecular weight excluding hydrogens is 976 g/mol. The van der Waals surface area contributed by atoms with Gasteiger partial charge in [0.1, 0.15) is 146 Å². The van der Waals surface area contributed by atoms with Crippen molar-refractivity contribution in [3.05, 3.63) is 0 Å². The fourth-order valence-corrected chi connectivity index (χ4v) is 9.68. The molecular formula is C36H58O32S. The minimum absolute atomic E-state index is 0.223. The summed E-state index contributed by atoms with van der Waals surface area (Å²) in [4.78, 5) is 0. The van der Waals surface area contributed by atoms with E-state index < -0.39 is 221 Å². The first-order valence-electron chi connectivity index (χ1n) is 21.7. The highest BCUT2D eigenvalue weighted by Crippen LogP contribution is 2.40. The monoisotopic (exact) mass is 1030 g/mol. The van der Waals surface area contributed by atoms with Gasteiger partial charge in [-0.2, -0.15) is 8.42 Å². The molecule has 0 unspecified atom stereocenters. The Morgan fingerprint density at radius 2 is 0.754 bits per heavy atom. The number of ether oxygens (including phenoxy) is 13. The highest BCUT2D eigenvalue weighted by atomic mass is 32.3. The number of fused-ring (bicyclic) bond motifs is 4. The summed E-state index contributed by atoms with van der Waals surface area (Å²) in [7, 11) is -5.06. The van der Waals surface area contributed by atoms with Gasteiger partial charge in [-0.3, -0.25) is 4.55 Å². The molecule has 30 atom stereocenters. The molecule has 16 N–H and O–H groups in total. The Balaban J connectivity index is 0.899. The minimum Gasteiger partial charge on any atom is -0.394 e. The van der Waals surface area contributed by atoms with E-state index in [0.717, 1.165) is 0 Å². The molecule has 0 aromatic rings. The lowest BCUT2D eigenvalue weighted by molar-refractivity contribution is -0.382. The molecule has 8 rings (SSSR count). The fourth-order valence-electron chi connectivity index (χ4n) is 9.38. The van der Waals surface area contributed by atoms with Gasteiger partial charge in [-0.05, 0) is 0 Å². The average Bonchev–Trinajstić information content (AvgIpc) is 3.80. The number of aliphatic hydroxyl groups is 15. The van der Waals surface area contributed by atoms with Crippen molar-refractivity contribution in [2.75, 3.05) is 39.6 Å². The average molecular weight is 1030 g/mol. The molecule has 0 spiro atoms. The van der Waals surface area contributed by atoms with Crippen LogP contribution in [0, 0.1) is 0 Å². The van der Waals surface area contributed by atoms with Crippen LogP contribution in [0.15, 0.2) is 0 Å². The number of hydrogen-bond donors (Lipinski definition) is 16. The van der Waals surface area contributed by atoms with Gasteiger partial charge < -0.3 is 138 Å². The summed E-state index contributed by atoms with van der Waals surface area (Å²) in [6.07, 6.45) is -50.7. The van der Waals surface area contributed by atoms with Crippen LogP contribution in [-0.2, 0) is 76.2 Å². The van der Waals surface area contributed by atoms with Crippen molar-refractivity contribution < 1.29 is 155 Å². The van der Waals surface area contributed by atoms with Crippen LogP contribution in [0.3, 0.4) is 0 Å². The van der Waals surface area contributed by atoms with E-state index in [1.807, 2.05) is 0 Å². The van der Waals surface area contributed by atoms with Crippen molar-refractivity contribution in [3.8, 4) is 0 Å². The van der Waals surface area contributed by atoms with Gasteiger partial charge >= 0.3 is 10.4 Å². The molecule has 8 fully saturated rings. The molecule has 0 aromatic carbocycles. The van der Waals surface area contributed by atoms with E-state index in [0.29, 0.717) is 0 Å². The third kappa shape index (κ3) is 10.8. The van der Waals surface area contributed by atoms with E-state index in [1.165, 1.54) is 0 Å². The standard InChI is InChI=1S/C36H58O32S/c37-1-7-14(41)26(19(46)31(51)58-7)66-35-22(49)29-24(11(62-35)4-55-29)65-34-21(48)28(16(43)9(3-39)60-34)68-36-23(50)30-25(12(63-36)5-56-30)64-33-20(47)27(15(42)8(2-38)59-33)67-32-18(45)17(44)13(40)10(61-32)6-57-69(52,53)54/h7-51H,1-6H2,(H,52,53,54)/t7-,8-,9-,10+,11+,12+,13-,14+,15+,16+,17-,18+,19-,20-,21-,22+,23+,24-,25-,26+,27+,28+,29+,30+,31+,32+,33+,34+,35+,36+/m1/s1. The Morgan fingerprint density at radius 1 is 0.391 bits per heavy atom. The van der Waals surface area contributed by atoms with Crippen LogP contribution in [0.2, 0.25) is 0 Å². The molecule has 33 heteroatoms. The highest BCUT2D eigenvalue weighted by Gasteiger charge is 2.60. The van der Waals surface area contributed by atoms with Crippen LogP contribution in [0.4, 0.5) is 0 Å². The zero-order chi connectivity index (χ0) is 50.0. The number of rotatable bonds is 16. The Kier molecular flexibility index (Phi) is 17.2. The Bertz CT molecular complexity index is 1790. The smallest absolute Gasteiger partial charge is 0.394 e. The van der Waals surface area contributed by atoms with E-state index in [2.05, 4.69) is 4.18 Å². The fraction of sp³-hybridized carbons (Fsp3) is 1.00. The molecule has 0 amide bonds. The summed E-state index contributed by atoms with van der Waals surface area (Å²) in [5.74, 6) is 0. The maximum Gasteiger partial charge on any atom is 0.397 e. The van der Waals surface area contributed by atoms with Crippen LogP contribution in [0.1, 0.15) is 0 Å². The van der Waals surface area contributed by atoms with Crippen molar-refractivity contribution in [3.63, 3.8) is 0 Å². The third-order valence-electron chi connectivity index (χ3n) is 13.1. The van der Waals surface area contributed by atoms with Crippen LogP contribution >= 0.6 is 0 Å². The predicted molar refractivity (Wildman–Crippen MR) is 203 cm³/mol. The van der Waals surface area contributed by atoms with Gasteiger partial charge in [-0.15, -0.1) is 0 Å². The maximum absolute atomic E-state index is 11.5. The quantitative estimate of drug-likeness (QED) is 0.0638. The Morgan fingerprint density at radius 3 is 1.17 bits per heavy atom. The van der Waals surface area contributed by atoms with Gasteiger partial charge in [0.2, 0.25) is 0 Å². The summed E-state index contributed by atoms with van der Waals surface area (Å²) in [6, 6.07) is 0. The molecule has 8 aliphatic heterocycles. The molecule has 69 heavy (non-hydrogen) atoms. The van der Waals surface area contributed by atoms with Gasteiger partial charge in [-0.25, -0.2) is 4.18 Å². The summed E-state index contributed by atoms with van der Waals surface area (Å²) >= 11 is 0. The minimum atomic E-state index is -5.06. The number of aliphatic hydroxyl groups excluding tert-OH is 15. The van der Waals surface area contributed by atoms with Crippen LogP contribution < -0.4 is 0 Å². The first kappa shape index (κ1) is 54.0. The van der Waals surface area contributed by atoms with Gasteiger partial charge in [0.15, 0.2) is 37.7 Å². The predicted octanol–water partition coefficient (Wildman–Crippen LogP) is -12.2. The lowest BCUT2D eigenvalue weighted by Gasteiger charge is -2.48. The maximum atomic E-state index is 11.5. The zero-order valence-corrected chi connectivity index (χ0v) is 36.5. The second-order valence-electron chi connectivity index (χ2n) is 17.5. The molecule has 32 nitrogen and oxygen atoms in total. The van der Waals surface area contributed by atoms with Crippen LogP contribution in [0.5, 0.6) is 0 Å². The second-order valence-corrected chi connectivity index (χ2v) is 18.6. The summed E-state index contributed by atoms with van der Waals surface area (Å²) in [6.45, 7) is -4.14. The summed E-state index contributed by atoms with van der Waals surface area (Å²) in [5.41, 5.74) is 0. The lowest BCUT2D eigenvalue weighted by atomic mass is 9.96. The lowest BCUT2D eigenvalue weighted by Crippen LogP contribution is -2.67. The first-order valence-corrected chi connectivity index (χ1v) is 23.1. The van der Waals surface area contributed by atoms with Crippen molar-refractivity contribution in [2.45, 2.75) is 184 Å². The van der Waals surface area contributed by atoms with E-state index in [-0.39, 0.29) is 13.2 Å². The molecule has 0 saturated carbocycles. The SMILES string of the molecule is O=S(=O)(O)OC[C@@H]1O[C@@H](O[C@H]2[C@@H](O)[C@@H](CO)O[C@@H](O[C@H]3[C@H]4OC[C@@H]3O[C@@H](O[C@H]3[C@@H](O)[C@@H](CO)O[C@@H](O[C@H]5[C@H]6OC[C@@H]5O[C@@H](O[C@@H]5[C@@H](O)[C@@H](O)O[C@H](CO)[C@@H]5O)[C@H]6O)[C@@H]3O)[C@H]4O)[C@@H]2O)[C@@H](O)[C@H](O)[C@@H]1O. The molecule has 400 valence electrons. The molecule has 8 heterocycles. The molecule has 8 saturated heterocycles. The first-order chi connectivity index (χ1) is 32.7. The second kappa shape index (κ2) is 21.9. The van der Waals surface area contributed by atoms with Gasteiger partial charge in [0.05, 0.1) is 39.6 Å². The summed E-state index contributed by atoms with van der Waals surface area (Å²) in [5, 5.41) is 160. The zero-order valence-electron chi connectivity index (χ0n) is 35.7. The molecule has 4 bridgehead atoms. The van der Waals surface area contributed by atoms with Crippen molar-refractivity contribution in [2.24, 2.45) is 0 Å². The topological polar surface area (TPSA) is 487 Å². The molecule has 0 aliphatic carbocycles. The van der Waals surface area contributed by atoms with Crippen molar-refractivity contribution in [1.82, 2.24) is 0 Å².